The lowest BCUT2D eigenvalue weighted by Crippen LogP contribution is -2.23. The number of imide groups is 1. The molecule has 0 radical (unpaired) electrons. The zero-order chi connectivity index (χ0) is 32.3. The molecule has 1 fully saturated rings. The van der Waals surface area contributed by atoms with Crippen LogP contribution in [-0.4, -0.2) is 45.2 Å². The molecule has 2 aliphatic heterocycles. The van der Waals surface area contributed by atoms with Crippen LogP contribution < -0.4 is 5.32 Å². The number of amides is 2. The van der Waals surface area contributed by atoms with Crippen LogP contribution in [0.1, 0.15) is 82.5 Å². The summed E-state index contributed by atoms with van der Waals surface area (Å²) in [5, 5.41) is 3.72. The first-order valence-corrected chi connectivity index (χ1v) is 17.1. The first-order chi connectivity index (χ1) is 22.5. The lowest BCUT2D eigenvalue weighted by molar-refractivity contribution is -0.123. The van der Waals surface area contributed by atoms with Gasteiger partial charge in [-0.2, -0.15) is 0 Å². The van der Waals surface area contributed by atoms with Crippen molar-refractivity contribution in [3.8, 4) is 0 Å². The Bertz CT molecular complexity index is 1670. The third-order valence-corrected chi connectivity index (χ3v) is 8.92. The van der Waals surface area contributed by atoms with Crippen molar-refractivity contribution < 1.29 is 9.59 Å². The van der Waals surface area contributed by atoms with E-state index in [1.54, 1.807) is 0 Å². The monoisotopic (exact) mass is 619 g/mol. The molecule has 46 heavy (non-hydrogen) atoms. The van der Waals surface area contributed by atoms with E-state index >= 15 is 0 Å². The van der Waals surface area contributed by atoms with E-state index in [2.05, 4.69) is 87.2 Å². The maximum atomic E-state index is 13.2. The van der Waals surface area contributed by atoms with Gasteiger partial charge in [-0.3, -0.25) is 14.9 Å². The quantitative estimate of drug-likeness (QED) is 0.0586. The number of allylic oxidation sites excluding steroid dienone is 5. The first-order valence-electron chi connectivity index (χ1n) is 17.1. The second kappa shape index (κ2) is 16.3. The van der Waals surface area contributed by atoms with Gasteiger partial charge in [-0.05, 0) is 82.6 Å². The Labute approximate surface area is 274 Å². The van der Waals surface area contributed by atoms with Gasteiger partial charge in [-0.15, -0.1) is 0 Å². The molecule has 5 rings (SSSR count). The van der Waals surface area contributed by atoms with Gasteiger partial charge in [0, 0.05) is 78.9 Å². The summed E-state index contributed by atoms with van der Waals surface area (Å²) in [4.78, 5) is 33.6. The van der Waals surface area contributed by atoms with Crippen molar-refractivity contribution in [2.24, 2.45) is 4.99 Å². The van der Waals surface area contributed by atoms with Gasteiger partial charge in [0.25, 0.3) is 11.8 Å². The molecule has 0 spiro atoms. The van der Waals surface area contributed by atoms with Crippen LogP contribution in [0.4, 0.5) is 0 Å². The SMILES string of the molecule is C/C=C\C=C(/N=CCCCn1cc(CC2=C(c3cc(CC/C=C\C)n(CCCC)c3)C(=O)NC2=O)c2ccccc21)N1CCCC1. The molecule has 3 aromatic rings. The molecule has 0 bridgehead atoms. The number of likely N-dealkylation sites (tertiary alicyclic amines) is 1. The first kappa shape index (κ1) is 33.0. The van der Waals surface area contributed by atoms with Gasteiger partial charge in [-0.25, -0.2) is 4.99 Å². The fourth-order valence-electron chi connectivity index (χ4n) is 6.51. The number of benzene rings is 1. The van der Waals surface area contributed by atoms with Crippen LogP contribution in [0.15, 0.2) is 89.5 Å². The van der Waals surface area contributed by atoms with Crippen LogP contribution >= 0.6 is 0 Å². The highest BCUT2D eigenvalue weighted by atomic mass is 16.2. The fraction of sp³-hybridized carbons (Fsp3) is 0.410. The van der Waals surface area contributed by atoms with Gasteiger partial charge in [0.05, 0.1) is 5.57 Å². The summed E-state index contributed by atoms with van der Waals surface area (Å²) in [6.45, 7) is 10.1. The molecule has 4 heterocycles. The Morgan fingerprint density at radius 2 is 1.76 bits per heavy atom. The number of aryl methyl sites for hydroxylation is 3. The minimum atomic E-state index is -0.299. The van der Waals surface area contributed by atoms with Gasteiger partial charge in [0.2, 0.25) is 0 Å². The zero-order valence-corrected chi connectivity index (χ0v) is 27.8. The average molecular weight is 620 g/mol. The normalized spacial score (nSPS) is 16.2. The summed E-state index contributed by atoms with van der Waals surface area (Å²) in [5.74, 6) is 0.459. The fourth-order valence-corrected chi connectivity index (χ4v) is 6.51. The maximum Gasteiger partial charge on any atom is 0.259 e. The lowest BCUT2D eigenvalue weighted by Gasteiger charge is -2.17. The van der Waals surface area contributed by atoms with Crippen LogP contribution in [-0.2, 0) is 35.5 Å². The summed E-state index contributed by atoms with van der Waals surface area (Å²) in [7, 11) is 0. The highest BCUT2D eigenvalue weighted by Gasteiger charge is 2.32. The van der Waals surface area contributed by atoms with Crippen molar-refractivity contribution in [2.45, 2.75) is 91.6 Å². The molecular weight excluding hydrogens is 570 g/mol. The number of fused-ring (bicyclic) bond motifs is 1. The predicted octanol–water partition coefficient (Wildman–Crippen LogP) is 7.77. The Kier molecular flexibility index (Phi) is 11.7. The highest BCUT2D eigenvalue weighted by molar-refractivity contribution is 6.36. The average Bonchev–Trinajstić information content (AvgIpc) is 3.85. The Morgan fingerprint density at radius 3 is 2.54 bits per heavy atom. The van der Waals surface area contributed by atoms with Crippen LogP contribution in [0.3, 0.4) is 0 Å². The predicted molar refractivity (Wildman–Crippen MR) is 190 cm³/mol. The van der Waals surface area contributed by atoms with Crippen LogP contribution in [0.25, 0.3) is 16.5 Å². The largest absolute Gasteiger partial charge is 0.357 e. The molecule has 7 heteroatoms. The standard InChI is InChI=1S/C39H49N5O2/c1-4-7-10-17-32-26-31(29-43(32)22-9-6-3)37-34(38(45)41-39(37)46)27-30-28-44(35-19-12-11-18-33(30)35)25-14-13-21-40-36(20-8-5-2)42-23-15-16-24-42/h4-5,7-8,11-12,18-21,26,28-29H,6,9-10,13-17,22-25,27H2,1-3H3,(H,41,45,46)/b7-4-,8-5-,36-20+,40-21?. The Morgan fingerprint density at radius 1 is 0.957 bits per heavy atom. The molecule has 1 saturated heterocycles. The molecule has 2 aliphatic rings. The van der Waals surface area contributed by atoms with E-state index in [0.717, 1.165) is 92.6 Å². The maximum absolute atomic E-state index is 13.2. The Balaban J connectivity index is 1.36. The smallest absolute Gasteiger partial charge is 0.259 e. The van der Waals surface area contributed by atoms with E-state index in [4.69, 9.17) is 4.99 Å². The number of aromatic nitrogens is 2. The van der Waals surface area contributed by atoms with E-state index < -0.39 is 0 Å². The van der Waals surface area contributed by atoms with E-state index in [1.165, 1.54) is 18.5 Å². The van der Waals surface area contributed by atoms with E-state index in [0.29, 0.717) is 17.6 Å². The number of para-hydroxylation sites is 1. The third-order valence-electron chi connectivity index (χ3n) is 8.92. The summed E-state index contributed by atoms with van der Waals surface area (Å²) >= 11 is 0. The number of aliphatic imine (C=N–C) groups is 1. The minimum absolute atomic E-state index is 0.287. The number of unbranched alkanes of at least 4 members (excludes halogenated alkanes) is 2. The molecule has 7 nitrogen and oxygen atoms in total. The number of carbonyl (C=O) groups excluding carboxylic acids is 2. The van der Waals surface area contributed by atoms with Gasteiger partial charge in [0.15, 0.2) is 0 Å². The number of hydrogen-bond acceptors (Lipinski definition) is 4. The summed E-state index contributed by atoms with van der Waals surface area (Å²) in [6.07, 6.45) is 25.4. The molecule has 242 valence electrons. The number of rotatable bonds is 16. The third kappa shape index (κ3) is 7.87. The van der Waals surface area contributed by atoms with Crippen molar-refractivity contribution >= 4 is 34.5 Å². The number of nitrogens with one attached hydrogen (secondary N) is 1. The summed E-state index contributed by atoms with van der Waals surface area (Å²) < 4.78 is 4.55. The number of carbonyl (C=O) groups is 2. The van der Waals surface area contributed by atoms with Crippen LogP contribution in [0.5, 0.6) is 0 Å². The van der Waals surface area contributed by atoms with E-state index in [-0.39, 0.29) is 11.8 Å². The number of hydrogen-bond donors (Lipinski definition) is 1. The van der Waals surface area contributed by atoms with Gasteiger partial charge < -0.3 is 14.0 Å². The highest BCUT2D eigenvalue weighted by Crippen LogP contribution is 2.32. The molecule has 1 N–H and O–H groups in total. The Hall–Kier alpha value is -4.39. The van der Waals surface area contributed by atoms with Gasteiger partial charge in [-0.1, -0.05) is 55.8 Å². The van der Waals surface area contributed by atoms with Crippen LogP contribution in [0, 0.1) is 0 Å². The molecule has 0 unspecified atom stereocenters. The zero-order valence-electron chi connectivity index (χ0n) is 27.8. The van der Waals surface area contributed by atoms with E-state index in [9.17, 15) is 9.59 Å². The van der Waals surface area contributed by atoms with Crippen molar-refractivity contribution in [3.63, 3.8) is 0 Å². The van der Waals surface area contributed by atoms with E-state index in [1.807, 2.05) is 32.2 Å². The van der Waals surface area contributed by atoms with Crippen molar-refractivity contribution in [3.05, 3.63) is 101 Å². The molecule has 0 atom stereocenters. The topological polar surface area (TPSA) is 71.6 Å². The van der Waals surface area contributed by atoms with Crippen molar-refractivity contribution in [2.75, 3.05) is 13.1 Å². The van der Waals surface area contributed by atoms with Crippen molar-refractivity contribution in [1.29, 1.82) is 0 Å². The van der Waals surface area contributed by atoms with Gasteiger partial charge in [0.1, 0.15) is 5.82 Å². The summed E-state index contributed by atoms with van der Waals surface area (Å²) in [5.41, 5.74) is 5.31. The molecule has 1 aromatic carbocycles. The molecule has 0 saturated carbocycles. The summed E-state index contributed by atoms with van der Waals surface area (Å²) in [6, 6.07) is 10.5. The van der Waals surface area contributed by atoms with Gasteiger partial charge >= 0.3 is 0 Å². The van der Waals surface area contributed by atoms with Crippen LogP contribution in [0.2, 0.25) is 0 Å². The molecular formula is C39H49N5O2. The second-order valence-corrected chi connectivity index (χ2v) is 12.3. The molecule has 0 aliphatic carbocycles. The second-order valence-electron chi connectivity index (χ2n) is 12.3. The molecule has 2 aromatic heterocycles. The molecule has 2 amide bonds. The lowest BCUT2D eigenvalue weighted by atomic mass is 9.97. The number of nitrogens with zero attached hydrogens (tertiary/aromatic N) is 4. The van der Waals surface area contributed by atoms with Crippen molar-refractivity contribution in [1.82, 2.24) is 19.4 Å². The minimum Gasteiger partial charge on any atom is -0.357 e.